The number of carbonyl (C=O) groups excluding carboxylic acids is 1. The van der Waals surface area contributed by atoms with Gasteiger partial charge in [0.15, 0.2) is 0 Å². The number of amides is 1. The molecule has 0 aliphatic rings. The number of benzene rings is 1. The number of anilines is 1. The summed E-state index contributed by atoms with van der Waals surface area (Å²) in [4.78, 5) is 24.6. The number of hydrogen-bond acceptors (Lipinski definition) is 6. The molecule has 2 aromatic heterocycles. The molecule has 0 spiro atoms. The molecule has 1 N–H and O–H groups in total. The SMILES string of the molecule is COc1ccc(-c2ccc(=O)n([C@H](C)C(=O)Nc3cc(C)no3)n2)cc1. The molecule has 0 aliphatic carbocycles. The number of methoxy groups -OCH3 is 1. The van der Waals surface area contributed by atoms with Crippen LogP contribution in [0.4, 0.5) is 5.88 Å². The molecule has 0 radical (unpaired) electrons. The molecule has 0 fully saturated rings. The summed E-state index contributed by atoms with van der Waals surface area (Å²) < 4.78 is 11.2. The molecule has 0 saturated carbocycles. The lowest BCUT2D eigenvalue weighted by molar-refractivity contribution is -0.119. The fourth-order valence-corrected chi connectivity index (χ4v) is 2.38. The number of nitrogens with one attached hydrogen (secondary N) is 1. The van der Waals surface area contributed by atoms with E-state index in [2.05, 4.69) is 15.6 Å². The number of ether oxygens (including phenoxy) is 1. The van der Waals surface area contributed by atoms with Crippen LogP contribution in [0, 0.1) is 6.92 Å². The van der Waals surface area contributed by atoms with Crippen LogP contribution in [0.25, 0.3) is 11.3 Å². The Morgan fingerprint density at radius 3 is 2.58 bits per heavy atom. The highest BCUT2D eigenvalue weighted by Gasteiger charge is 2.19. The monoisotopic (exact) mass is 354 g/mol. The Morgan fingerprint density at radius 2 is 1.96 bits per heavy atom. The second-order valence-corrected chi connectivity index (χ2v) is 5.73. The highest BCUT2D eigenvalue weighted by Crippen LogP contribution is 2.20. The zero-order valence-corrected chi connectivity index (χ0v) is 14.6. The van der Waals surface area contributed by atoms with Crippen LogP contribution in [0.5, 0.6) is 5.75 Å². The van der Waals surface area contributed by atoms with E-state index in [1.807, 2.05) is 12.1 Å². The van der Waals surface area contributed by atoms with Crippen LogP contribution in [-0.4, -0.2) is 28.0 Å². The van der Waals surface area contributed by atoms with E-state index in [-0.39, 0.29) is 11.4 Å². The number of nitrogens with zero attached hydrogens (tertiary/aromatic N) is 3. The molecule has 3 rings (SSSR count). The zero-order chi connectivity index (χ0) is 18.7. The first-order valence-corrected chi connectivity index (χ1v) is 7.96. The second-order valence-electron chi connectivity index (χ2n) is 5.73. The average Bonchev–Trinajstić information content (AvgIpc) is 3.06. The summed E-state index contributed by atoms with van der Waals surface area (Å²) in [5.74, 6) is 0.513. The highest BCUT2D eigenvalue weighted by molar-refractivity contribution is 5.92. The minimum absolute atomic E-state index is 0.221. The van der Waals surface area contributed by atoms with Crippen molar-refractivity contribution in [2.75, 3.05) is 12.4 Å². The maximum absolute atomic E-state index is 12.4. The highest BCUT2D eigenvalue weighted by atomic mass is 16.5. The van der Waals surface area contributed by atoms with Crippen LogP contribution in [0.15, 0.2) is 51.8 Å². The fraction of sp³-hybridized carbons (Fsp3) is 0.222. The van der Waals surface area contributed by atoms with Gasteiger partial charge in [-0.25, -0.2) is 4.68 Å². The Bertz CT molecular complexity index is 975. The smallest absolute Gasteiger partial charge is 0.267 e. The molecule has 1 atom stereocenters. The lowest BCUT2D eigenvalue weighted by atomic mass is 10.1. The van der Waals surface area contributed by atoms with Gasteiger partial charge in [-0.05, 0) is 44.2 Å². The largest absolute Gasteiger partial charge is 0.497 e. The average molecular weight is 354 g/mol. The Labute approximate surface area is 149 Å². The Morgan fingerprint density at radius 1 is 1.23 bits per heavy atom. The predicted octanol–water partition coefficient (Wildman–Crippen LogP) is 2.42. The van der Waals surface area contributed by atoms with Gasteiger partial charge in [-0.2, -0.15) is 5.10 Å². The first-order chi connectivity index (χ1) is 12.5. The van der Waals surface area contributed by atoms with Gasteiger partial charge in [-0.15, -0.1) is 0 Å². The molecule has 1 amide bonds. The molecule has 26 heavy (non-hydrogen) atoms. The summed E-state index contributed by atoms with van der Waals surface area (Å²) in [5.41, 5.74) is 1.64. The van der Waals surface area contributed by atoms with Crippen LogP contribution >= 0.6 is 0 Å². The van der Waals surface area contributed by atoms with Crippen molar-refractivity contribution in [1.29, 1.82) is 0 Å². The van der Waals surface area contributed by atoms with E-state index >= 15 is 0 Å². The minimum atomic E-state index is -0.828. The molecule has 1 aromatic carbocycles. The summed E-state index contributed by atoms with van der Waals surface area (Å²) in [6.45, 7) is 3.33. The lowest BCUT2D eigenvalue weighted by Crippen LogP contribution is -2.33. The van der Waals surface area contributed by atoms with Crippen molar-refractivity contribution < 1.29 is 14.1 Å². The minimum Gasteiger partial charge on any atom is -0.497 e. The number of aromatic nitrogens is 3. The van der Waals surface area contributed by atoms with Gasteiger partial charge in [0.2, 0.25) is 5.88 Å². The van der Waals surface area contributed by atoms with Crippen LogP contribution in [-0.2, 0) is 4.79 Å². The van der Waals surface area contributed by atoms with Crippen molar-refractivity contribution in [3.05, 3.63) is 58.5 Å². The molecule has 134 valence electrons. The van der Waals surface area contributed by atoms with Gasteiger partial charge in [-0.1, -0.05) is 5.16 Å². The van der Waals surface area contributed by atoms with Gasteiger partial charge in [0, 0.05) is 17.7 Å². The molecular weight excluding hydrogens is 336 g/mol. The number of aryl methyl sites for hydroxylation is 1. The Balaban J connectivity index is 1.86. The summed E-state index contributed by atoms with van der Waals surface area (Å²) in [7, 11) is 1.59. The van der Waals surface area contributed by atoms with E-state index in [0.717, 1.165) is 16.0 Å². The van der Waals surface area contributed by atoms with E-state index in [1.54, 1.807) is 45.2 Å². The van der Waals surface area contributed by atoms with E-state index in [0.29, 0.717) is 11.4 Å². The second kappa shape index (κ2) is 7.22. The van der Waals surface area contributed by atoms with Crippen molar-refractivity contribution in [3.63, 3.8) is 0 Å². The third kappa shape index (κ3) is 3.64. The molecule has 3 aromatic rings. The summed E-state index contributed by atoms with van der Waals surface area (Å²) >= 11 is 0. The lowest BCUT2D eigenvalue weighted by Gasteiger charge is -2.14. The summed E-state index contributed by atoms with van der Waals surface area (Å²) in [6, 6.07) is 11.0. The fourth-order valence-electron chi connectivity index (χ4n) is 2.38. The first kappa shape index (κ1) is 17.4. The maximum atomic E-state index is 12.4. The van der Waals surface area contributed by atoms with Gasteiger partial charge in [0.05, 0.1) is 18.5 Å². The van der Waals surface area contributed by atoms with Crippen molar-refractivity contribution in [2.24, 2.45) is 0 Å². The van der Waals surface area contributed by atoms with E-state index in [9.17, 15) is 9.59 Å². The molecule has 2 heterocycles. The number of hydrogen-bond donors (Lipinski definition) is 1. The summed E-state index contributed by atoms with van der Waals surface area (Å²) in [5, 5.41) is 10.6. The van der Waals surface area contributed by atoms with E-state index < -0.39 is 11.9 Å². The molecule has 8 nitrogen and oxygen atoms in total. The number of carbonyl (C=O) groups is 1. The predicted molar refractivity (Wildman–Crippen MR) is 95.1 cm³/mol. The quantitative estimate of drug-likeness (QED) is 0.755. The zero-order valence-electron chi connectivity index (χ0n) is 14.6. The number of rotatable bonds is 5. The normalized spacial score (nSPS) is 11.8. The standard InChI is InChI=1S/C18H18N4O4/c1-11-10-16(26-21-11)19-18(24)12(2)22-17(23)9-8-15(20-22)13-4-6-14(25-3)7-5-13/h4-10,12H,1-3H3,(H,19,24)/t12-/m1/s1. The molecular formula is C18H18N4O4. The third-order valence-electron chi connectivity index (χ3n) is 3.83. The Kier molecular flexibility index (Phi) is 4.83. The maximum Gasteiger partial charge on any atom is 0.267 e. The van der Waals surface area contributed by atoms with Crippen molar-refractivity contribution in [1.82, 2.24) is 14.9 Å². The van der Waals surface area contributed by atoms with Crippen LogP contribution < -0.4 is 15.6 Å². The van der Waals surface area contributed by atoms with Gasteiger partial charge in [0.1, 0.15) is 11.8 Å². The topological polar surface area (TPSA) is 99.2 Å². The van der Waals surface area contributed by atoms with Crippen LogP contribution in [0.3, 0.4) is 0 Å². The van der Waals surface area contributed by atoms with E-state index in [1.165, 1.54) is 6.07 Å². The van der Waals surface area contributed by atoms with Crippen molar-refractivity contribution >= 4 is 11.8 Å². The van der Waals surface area contributed by atoms with Crippen LogP contribution in [0.2, 0.25) is 0 Å². The van der Waals surface area contributed by atoms with Gasteiger partial charge < -0.3 is 9.26 Å². The molecule has 0 unspecified atom stereocenters. The van der Waals surface area contributed by atoms with E-state index in [4.69, 9.17) is 9.26 Å². The van der Waals surface area contributed by atoms with Gasteiger partial charge >= 0.3 is 0 Å². The molecule has 0 bridgehead atoms. The molecule has 8 heteroatoms. The molecule has 0 saturated heterocycles. The summed E-state index contributed by atoms with van der Waals surface area (Å²) in [6.07, 6.45) is 0. The van der Waals surface area contributed by atoms with Crippen molar-refractivity contribution in [2.45, 2.75) is 19.9 Å². The Hall–Kier alpha value is -3.42. The van der Waals surface area contributed by atoms with Gasteiger partial charge in [-0.3, -0.25) is 14.9 Å². The first-order valence-electron chi connectivity index (χ1n) is 7.96. The van der Waals surface area contributed by atoms with Gasteiger partial charge in [0.25, 0.3) is 11.5 Å². The van der Waals surface area contributed by atoms with Crippen molar-refractivity contribution in [3.8, 4) is 17.0 Å². The van der Waals surface area contributed by atoms with Crippen LogP contribution in [0.1, 0.15) is 18.7 Å². The third-order valence-corrected chi connectivity index (χ3v) is 3.83. The molecule has 0 aliphatic heterocycles.